The molecule has 0 aromatic carbocycles. The van der Waals surface area contributed by atoms with Crippen LogP contribution < -0.4 is 5.32 Å². The van der Waals surface area contributed by atoms with Crippen molar-refractivity contribution in [1.82, 2.24) is 20.0 Å². The van der Waals surface area contributed by atoms with Gasteiger partial charge in [-0.15, -0.1) is 0 Å². The number of aryl methyl sites for hydroxylation is 2. The van der Waals surface area contributed by atoms with E-state index < -0.39 is 0 Å². The minimum absolute atomic E-state index is 0.206. The molecule has 1 saturated heterocycles. The summed E-state index contributed by atoms with van der Waals surface area (Å²) in [6, 6.07) is 2.86. The smallest absolute Gasteiger partial charge is 0.0597 e. The minimum atomic E-state index is 0.206. The second-order valence-corrected chi connectivity index (χ2v) is 6.32. The first-order valence-corrected chi connectivity index (χ1v) is 7.47. The number of piperazine rings is 1. The molecular weight excluding hydrogens is 236 g/mol. The number of hydrogen-bond donors (Lipinski definition) is 1. The number of nitrogens with zero attached hydrogens (tertiary/aromatic N) is 3. The maximum atomic E-state index is 4.56. The van der Waals surface area contributed by atoms with Gasteiger partial charge in [-0.2, -0.15) is 5.10 Å². The van der Waals surface area contributed by atoms with Crippen molar-refractivity contribution < 1.29 is 0 Å². The molecular formula is C15H28N4. The van der Waals surface area contributed by atoms with Crippen molar-refractivity contribution in [3.63, 3.8) is 0 Å². The molecule has 1 aromatic rings. The highest BCUT2D eigenvalue weighted by atomic mass is 15.3. The van der Waals surface area contributed by atoms with Gasteiger partial charge in [0.2, 0.25) is 0 Å². The highest BCUT2D eigenvalue weighted by Gasteiger charge is 2.31. The molecule has 4 heteroatoms. The molecule has 19 heavy (non-hydrogen) atoms. The molecule has 1 aliphatic rings. The summed E-state index contributed by atoms with van der Waals surface area (Å²) >= 11 is 0. The number of hydrogen-bond acceptors (Lipinski definition) is 3. The second kappa shape index (κ2) is 5.63. The predicted octanol–water partition coefficient (Wildman–Crippen LogP) is 2.17. The van der Waals surface area contributed by atoms with Gasteiger partial charge >= 0.3 is 0 Å². The van der Waals surface area contributed by atoms with Gasteiger partial charge in [-0.25, -0.2) is 0 Å². The van der Waals surface area contributed by atoms with Gasteiger partial charge in [-0.05, 0) is 40.2 Å². The summed E-state index contributed by atoms with van der Waals surface area (Å²) < 4.78 is 2.14. The van der Waals surface area contributed by atoms with Crippen LogP contribution in [-0.4, -0.2) is 39.4 Å². The maximum absolute atomic E-state index is 4.56. The fraction of sp³-hybridized carbons (Fsp3) is 0.800. The third-order valence-electron chi connectivity index (χ3n) is 4.05. The Labute approximate surface area is 117 Å². The summed E-state index contributed by atoms with van der Waals surface area (Å²) in [5.41, 5.74) is 2.67. The van der Waals surface area contributed by atoms with Crippen molar-refractivity contribution in [2.75, 3.05) is 13.1 Å². The summed E-state index contributed by atoms with van der Waals surface area (Å²) in [6.07, 6.45) is 1.20. The van der Waals surface area contributed by atoms with E-state index in [1.165, 1.54) is 12.1 Å². The number of nitrogens with one attached hydrogen (secondary N) is 1. The lowest BCUT2D eigenvalue weighted by Crippen LogP contribution is -2.61. The predicted molar refractivity (Wildman–Crippen MR) is 79.2 cm³/mol. The molecule has 1 unspecified atom stereocenters. The molecule has 108 valence electrons. The normalized spacial score (nSPS) is 23.7. The standard InChI is InChI=1S/C15H28N4/c1-6-13-9-16-15(4,5)11-18(13)10-14-8-12(3)17-19(14)7-2/h8,13,16H,6-7,9-11H2,1-5H3. The summed E-state index contributed by atoms with van der Waals surface area (Å²) in [4.78, 5) is 2.61. The first-order chi connectivity index (χ1) is 8.95. The van der Waals surface area contributed by atoms with E-state index >= 15 is 0 Å². The van der Waals surface area contributed by atoms with E-state index in [0.29, 0.717) is 6.04 Å². The van der Waals surface area contributed by atoms with E-state index in [0.717, 1.165) is 31.9 Å². The summed E-state index contributed by atoms with van der Waals surface area (Å²) in [7, 11) is 0. The van der Waals surface area contributed by atoms with E-state index in [2.05, 4.69) is 60.7 Å². The van der Waals surface area contributed by atoms with Crippen LogP contribution in [0.5, 0.6) is 0 Å². The quantitative estimate of drug-likeness (QED) is 0.905. The van der Waals surface area contributed by atoms with E-state index in [-0.39, 0.29) is 5.54 Å². The molecule has 1 fully saturated rings. The van der Waals surface area contributed by atoms with Gasteiger partial charge < -0.3 is 5.32 Å². The third kappa shape index (κ3) is 3.37. The van der Waals surface area contributed by atoms with E-state index in [9.17, 15) is 0 Å². The molecule has 0 saturated carbocycles. The zero-order valence-corrected chi connectivity index (χ0v) is 13.0. The Morgan fingerprint density at radius 3 is 2.79 bits per heavy atom. The Morgan fingerprint density at radius 1 is 1.42 bits per heavy atom. The van der Waals surface area contributed by atoms with Crippen LogP contribution in [0.3, 0.4) is 0 Å². The molecule has 0 aliphatic carbocycles. The monoisotopic (exact) mass is 264 g/mol. The van der Waals surface area contributed by atoms with Gasteiger partial charge in [-0.3, -0.25) is 9.58 Å². The van der Waals surface area contributed by atoms with Crippen LogP contribution in [0.1, 0.15) is 45.5 Å². The Bertz CT molecular complexity index is 422. The fourth-order valence-corrected chi connectivity index (χ4v) is 3.01. The van der Waals surface area contributed by atoms with Gasteiger partial charge in [0.05, 0.1) is 11.4 Å². The van der Waals surface area contributed by atoms with Crippen molar-refractivity contribution in [2.45, 2.75) is 65.7 Å². The van der Waals surface area contributed by atoms with E-state index in [4.69, 9.17) is 0 Å². The average molecular weight is 264 g/mol. The minimum Gasteiger partial charge on any atom is -0.309 e. The van der Waals surface area contributed by atoms with Gasteiger partial charge in [0, 0.05) is 37.8 Å². The maximum Gasteiger partial charge on any atom is 0.0597 e. The van der Waals surface area contributed by atoms with Crippen LogP contribution in [0.25, 0.3) is 0 Å². The molecule has 2 rings (SSSR count). The Hall–Kier alpha value is -0.870. The van der Waals surface area contributed by atoms with Crippen molar-refractivity contribution >= 4 is 0 Å². The molecule has 0 amide bonds. The summed E-state index contributed by atoms with van der Waals surface area (Å²) in [6.45, 7) is 15.2. The summed E-state index contributed by atoms with van der Waals surface area (Å²) in [5, 5.41) is 8.20. The largest absolute Gasteiger partial charge is 0.309 e. The van der Waals surface area contributed by atoms with Crippen LogP contribution >= 0.6 is 0 Å². The van der Waals surface area contributed by atoms with Crippen LogP contribution in [0.4, 0.5) is 0 Å². The van der Waals surface area contributed by atoms with Crippen molar-refractivity contribution in [3.05, 3.63) is 17.5 Å². The van der Waals surface area contributed by atoms with E-state index in [1.54, 1.807) is 0 Å². The van der Waals surface area contributed by atoms with Crippen LogP contribution in [0.15, 0.2) is 6.07 Å². The number of aromatic nitrogens is 2. The van der Waals surface area contributed by atoms with Gasteiger partial charge in [0.1, 0.15) is 0 Å². The fourth-order valence-electron chi connectivity index (χ4n) is 3.01. The molecule has 2 heterocycles. The van der Waals surface area contributed by atoms with Gasteiger partial charge in [-0.1, -0.05) is 6.92 Å². The van der Waals surface area contributed by atoms with Crippen LogP contribution in [0, 0.1) is 6.92 Å². The molecule has 0 radical (unpaired) electrons. The lowest BCUT2D eigenvalue weighted by molar-refractivity contribution is 0.0833. The zero-order valence-electron chi connectivity index (χ0n) is 13.0. The molecule has 0 spiro atoms. The van der Waals surface area contributed by atoms with E-state index in [1.807, 2.05) is 0 Å². The topological polar surface area (TPSA) is 33.1 Å². The molecule has 0 bridgehead atoms. The van der Waals surface area contributed by atoms with Crippen molar-refractivity contribution in [3.8, 4) is 0 Å². The lowest BCUT2D eigenvalue weighted by atomic mass is 9.97. The van der Waals surface area contributed by atoms with Gasteiger partial charge in [0.15, 0.2) is 0 Å². The molecule has 1 aromatic heterocycles. The Kier molecular flexibility index (Phi) is 4.31. The Morgan fingerprint density at radius 2 is 2.16 bits per heavy atom. The van der Waals surface area contributed by atoms with Crippen molar-refractivity contribution in [1.29, 1.82) is 0 Å². The van der Waals surface area contributed by atoms with Gasteiger partial charge in [0.25, 0.3) is 0 Å². The first-order valence-electron chi connectivity index (χ1n) is 7.47. The first kappa shape index (κ1) is 14.5. The molecule has 1 N–H and O–H groups in total. The third-order valence-corrected chi connectivity index (χ3v) is 4.05. The molecule has 1 aliphatic heterocycles. The average Bonchev–Trinajstić information content (AvgIpc) is 2.69. The lowest BCUT2D eigenvalue weighted by Gasteiger charge is -2.44. The van der Waals surface area contributed by atoms with Crippen molar-refractivity contribution in [2.24, 2.45) is 0 Å². The van der Waals surface area contributed by atoms with Crippen LogP contribution in [-0.2, 0) is 13.1 Å². The second-order valence-electron chi connectivity index (χ2n) is 6.32. The molecule has 4 nitrogen and oxygen atoms in total. The SMILES string of the molecule is CCC1CNC(C)(C)CN1Cc1cc(C)nn1CC. The number of rotatable bonds is 4. The molecule has 1 atom stereocenters. The highest BCUT2D eigenvalue weighted by Crippen LogP contribution is 2.20. The highest BCUT2D eigenvalue weighted by molar-refractivity contribution is 5.10. The Balaban J connectivity index is 2.14. The summed E-state index contributed by atoms with van der Waals surface area (Å²) in [5.74, 6) is 0. The zero-order chi connectivity index (χ0) is 14.0. The van der Waals surface area contributed by atoms with Crippen LogP contribution in [0.2, 0.25) is 0 Å².